The lowest BCUT2D eigenvalue weighted by Gasteiger charge is -2.25. The Bertz CT molecular complexity index is 607. The molecule has 1 fully saturated rings. The monoisotopic (exact) mass is 345 g/mol. The Morgan fingerprint density at radius 3 is 2.36 bits per heavy atom. The van der Waals surface area contributed by atoms with Gasteiger partial charge in [-0.15, -0.1) is 0 Å². The smallest absolute Gasteiger partial charge is 0.317 e. The van der Waals surface area contributed by atoms with Gasteiger partial charge in [-0.2, -0.15) is 0 Å². The Morgan fingerprint density at radius 1 is 1.04 bits per heavy atom. The molecular formula is C20H31N3O2. The van der Waals surface area contributed by atoms with Crippen molar-refractivity contribution >= 4 is 11.9 Å². The van der Waals surface area contributed by atoms with Crippen LogP contribution < -0.4 is 5.32 Å². The molecule has 0 spiro atoms. The molecule has 1 N–H and O–H groups in total. The Morgan fingerprint density at radius 2 is 1.68 bits per heavy atom. The number of urea groups is 1. The lowest BCUT2D eigenvalue weighted by atomic mass is 9.97. The number of aryl methyl sites for hydroxylation is 1. The number of benzene rings is 1. The van der Waals surface area contributed by atoms with Crippen LogP contribution in [0.2, 0.25) is 0 Å². The third-order valence-corrected chi connectivity index (χ3v) is 4.51. The van der Waals surface area contributed by atoms with Crippen LogP contribution in [0.1, 0.15) is 38.3 Å². The van der Waals surface area contributed by atoms with Crippen molar-refractivity contribution in [1.29, 1.82) is 0 Å². The first-order valence-electron chi connectivity index (χ1n) is 9.11. The third kappa shape index (κ3) is 6.07. The van der Waals surface area contributed by atoms with Gasteiger partial charge in [0.2, 0.25) is 5.91 Å². The second kappa shape index (κ2) is 8.37. The number of amides is 3. The standard InChI is InChI=1S/C20H31N3O2/c1-16-8-5-6-9-17(16)14-18(24)22-10-7-11-23(13-12-22)19(25)21-15-20(2,3)4/h5-6,8-9H,7,10-15H2,1-4H3,(H,21,25). The highest BCUT2D eigenvalue weighted by molar-refractivity contribution is 5.79. The topological polar surface area (TPSA) is 52.7 Å². The van der Waals surface area contributed by atoms with Crippen LogP contribution in [0.5, 0.6) is 0 Å². The number of carbonyl (C=O) groups is 2. The van der Waals surface area contributed by atoms with E-state index >= 15 is 0 Å². The first-order chi connectivity index (χ1) is 11.8. The quantitative estimate of drug-likeness (QED) is 0.916. The second-order valence-corrected chi connectivity index (χ2v) is 8.04. The van der Waals surface area contributed by atoms with Crippen LogP contribution >= 0.6 is 0 Å². The molecule has 0 unspecified atom stereocenters. The summed E-state index contributed by atoms with van der Waals surface area (Å²) in [4.78, 5) is 28.7. The van der Waals surface area contributed by atoms with E-state index in [1.807, 2.05) is 41.0 Å². The largest absolute Gasteiger partial charge is 0.341 e. The molecule has 0 saturated carbocycles. The van der Waals surface area contributed by atoms with Crippen molar-refractivity contribution in [2.24, 2.45) is 5.41 Å². The molecule has 0 atom stereocenters. The number of nitrogens with zero attached hydrogens (tertiary/aromatic N) is 2. The van der Waals surface area contributed by atoms with Gasteiger partial charge in [0, 0.05) is 32.7 Å². The average Bonchev–Trinajstić information content (AvgIpc) is 2.80. The average molecular weight is 345 g/mol. The molecule has 1 saturated heterocycles. The van der Waals surface area contributed by atoms with E-state index in [1.54, 1.807) is 0 Å². The summed E-state index contributed by atoms with van der Waals surface area (Å²) < 4.78 is 0. The van der Waals surface area contributed by atoms with Gasteiger partial charge in [0.1, 0.15) is 0 Å². The Kier molecular flexibility index (Phi) is 6.45. The lowest BCUT2D eigenvalue weighted by Crippen LogP contribution is -2.45. The molecule has 3 amide bonds. The number of nitrogens with one attached hydrogen (secondary N) is 1. The van der Waals surface area contributed by atoms with E-state index in [0.29, 0.717) is 39.1 Å². The highest BCUT2D eigenvalue weighted by Crippen LogP contribution is 2.13. The van der Waals surface area contributed by atoms with Crippen molar-refractivity contribution in [1.82, 2.24) is 15.1 Å². The van der Waals surface area contributed by atoms with Crippen LogP contribution in [0, 0.1) is 12.3 Å². The normalized spacial score (nSPS) is 15.7. The van der Waals surface area contributed by atoms with Gasteiger partial charge < -0.3 is 15.1 Å². The molecule has 1 heterocycles. The van der Waals surface area contributed by atoms with Gasteiger partial charge >= 0.3 is 6.03 Å². The van der Waals surface area contributed by atoms with E-state index < -0.39 is 0 Å². The molecule has 5 nitrogen and oxygen atoms in total. The Balaban J connectivity index is 1.87. The predicted molar refractivity (Wildman–Crippen MR) is 101 cm³/mol. The SMILES string of the molecule is Cc1ccccc1CC(=O)N1CCCN(C(=O)NCC(C)(C)C)CC1. The van der Waals surface area contributed by atoms with Crippen LogP contribution in [-0.2, 0) is 11.2 Å². The molecule has 0 aliphatic carbocycles. The second-order valence-electron chi connectivity index (χ2n) is 8.04. The Labute approximate surface area is 151 Å². The van der Waals surface area contributed by atoms with E-state index in [4.69, 9.17) is 0 Å². The minimum absolute atomic E-state index is 0.0249. The van der Waals surface area contributed by atoms with Gasteiger partial charge in [-0.25, -0.2) is 4.79 Å². The van der Waals surface area contributed by atoms with Crippen molar-refractivity contribution in [2.75, 3.05) is 32.7 Å². The molecule has 2 rings (SSSR count). The predicted octanol–water partition coefficient (Wildman–Crippen LogP) is 2.83. The maximum Gasteiger partial charge on any atom is 0.317 e. The summed E-state index contributed by atoms with van der Waals surface area (Å²) >= 11 is 0. The first-order valence-corrected chi connectivity index (χ1v) is 9.11. The lowest BCUT2D eigenvalue weighted by molar-refractivity contribution is -0.130. The molecule has 1 aliphatic rings. The third-order valence-electron chi connectivity index (χ3n) is 4.51. The van der Waals surface area contributed by atoms with Gasteiger partial charge in [-0.05, 0) is 29.9 Å². The van der Waals surface area contributed by atoms with Gasteiger partial charge in [0.05, 0.1) is 6.42 Å². The molecule has 1 aliphatic heterocycles. The van der Waals surface area contributed by atoms with Gasteiger partial charge in [0.15, 0.2) is 0 Å². The molecule has 0 aromatic heterocycles. The summed E-state index contributed by atoms with van der Waals surface area (Å²) in [5.74, 6) is 0.145. The summed E-state index contributed by atoms with van der Waals surface area (Å²) in [5.41, 5.74) is 2.29. The fraction of sp³-hybridized carbons (Fsp3) is 0.600. The van der Waals surface area contributed by atoms with Crippen LogP contribution in [0.3, 0.4) is 0 Å². The fourth-order valence-corrected chi connectivity index (χ4v) is 2.91. The van der Waals surface area contributed by atoms with E-state index in [0.717, 1.165) is 17.5 Å². The van der Waals surface area contributed by atoms with Crippen LogP contribution in [0.4, 0.5) is 4.79 Å². The zero-order chi connectivity index (χ0) is 18.4. The van der Waals surface area contributed by atoms with Crippen LogP contribution in [0.25, 0.3) is 0 Å². The van der Waals surface area contributed by atoms with Gasteiger partial charge in [-0.3, -0.25) is 4.79 Å². The van der Waals surface area contributed by atoms with Crippen molar-refractivity contribution in [2.45, 2.75) is 40.5 Å². The van der Waals surface area contributed by atoms with E-state index in [9.17, 15) is 9.59 Å². The van der Waals surface area contributed by atoms with Gasteiger partial charge in [0.25, 0.3) is 0 Å². The van der Waals surface area contributed by atoms with Gasteiger partial charge in [-0.1, -0.05) is 45.0 Å². The summed E-state index contributed by atoms with van der Waals surface area (Å²) in [7, 11) is 0. The summed E-state index contributed by atoms with van der Waals surface area (Å²) in [6.07, 6.45) is 1.26. The first kappa shape index (κ1) is 19.3. The highest BCUT2D eigenvalue weighted by atomic mass is 16.2. The van der Waals surface area contributed by atoms with Crippen LogP contribution in [0.15, 0.2) is 24.3 Å². The molecule has 1 aromatic carbocycles. The molecular weight excluding hydrogens is 314 g/mol. The minimum Gasteiger partial charge on any atom is -0.341 e. The molecule has 1 aromatic rings. The Hall–Kier alpha value is -2.04. The zero-order valence-electron chi connectivity index (χ0n) is 16.0. The molecule has 25 heavy (non-hydrogen) atoms. The van der Waals surface area contributed by atoms with Crippen molar-refractivity contribution in [3.63, 3.8) is 0 Å². The highest BCUT2D eigenvalue weighted by Gasteiger charge is 2.23. The van der Waals surface area contributed by atoms with Crippen molar-refractivity contribution in [3.05, 3.63) is 35.4 Å². The zero-order valence-corrected chi connectivity index (χ0v) is 16.0. The van der Waals surface area contributed by atoms with E-state index in [1.165, 1.54) is 0 Å². The number of carbonyl (C=O) groups excluding carboxylic acids is 2. The van der Waals surface area contributed by atoms with Crippen molar-refractivity contribution < 1.29 is 9.59 Å². The molecule has 5 heteroatoms. The summed E-state index contributed by atoms with van der Waals surface area (Å²) in [6, 6.07) is 7.98. The fourth-order valence-electron chi connectivity index (χ4n) is 2.91. The maximum atomic E-state index is 12.6. The number of hydrogen-bond donors (Lipinski definition) is 1. The maximum absolute atomic E-state index is 12.6. The number of rotatable bonds is 3. The minimum atomic E-state index is -0.0249. The van der Waals surface area contributed by atoms with E-state index in [2.05, 4.69) is 26.1 Å². The number of hydrogen-bond acceptors (Lipinski definition) is 2. The molecule has 138 valence electrons. The summed E-state index contributed by atoms with van der Waals surface area (Å²) in [5, 5.41) is 3.00. The summed E-state index contributed by atoms with van der Waals surface area (Å²) in [6.45, 7) is 11.6. The van der Waals surface area contributed by atoms with E-state index in [-0.39, 0.29) is 17.4 Å². The molecule has 0 bridgehead atoms. The molecule has 0 radical (unpaired) electrons. The van der Waals surface area contributed by atoms with Crippen molar-refractivity contribution in [3.8, 4) is 0 Å². The van der Waals surface area contributed by atoms with Crippen LogP contribution in [-0.4, -0.2) is 54.5 Å².